The van der Waals surface area contributed by atoms with Crippen molar-refractivity contribution in [1.29, 1.82) is 0 Å². The molecule has 0 amide bonds. The number of nitrogens with two attached hydrogens (primary N) is 2. The Morgan fingerprint density at radius 3 is 2.82 bits per heavy atom. The van der Waals surface area contributed by atoms with Crippen molar-refractivity contribution < 1.29 is 4.74 Å². The zero-order valence-corrected chi connectivity index (χ0v) is 9.36. The van der Waals surface area contributed by atoms with Gasteiger partial charge < -0.3 is 21.2 Å². The van der Waals surface area contributed by atoms with Gasteiger partial charge in [-0.1, -0.05) is 11.6 Å². The van der Waals surface area contributed by atoms with E-state index in [1.165, 1.54) is 12.4 Å². The number of hydrogen-bond acceptors (Lipinski definition) is 5. The first-order valence-electron chi connectivity index (χ1n) is 4.64. The van der Waals surface area contributed by atoms with E-state index in [1.807, 2.05) is 0 Å². The van der Waals surface area contributed by atoms with E-state index in [0.717, 1.165) is 0 Å². The summed E-state index contributed by atoms with van der Waals surface area (Å²) in [5, 5.41) is 0.488. The van der Waals surface area contributed by atoms with Crippen LogP contribution < -0.4 is 21.8 Å². The molecule has 0 aliphatic carbocycles. The van der Waals surface area contributed by atoms with Crippen LogP contribution in [0.5, 0.6) is 11.6 Å². The van der Waals surface area contributed by atoms with Crippen molar-refractivity contribution in [3.63, 3.8) is 0 Å². The molecule has 0 atom stereocenters. The number of H-pyrrole nitrogens is 1. The van der Waals surface area contributed by atoms with Crippen LogP contribution in [0.2, 0.25) is 5.02 Å². The smallest absolute Gasteiger partial charge is 0.277 e. The Morgan fingerprint density at radius 1 is 1.35 bits per heavy atom. The summed E-state index contributed by atoms with van der Waals surface area (Å²) in [4.78, 5) is 17.3. The predicted octanol–water partition coefficient (Wildman–Crippen LogP) is 1.38. The Kier molecular flexibility index (Phi) is 2.88. The lowest BCUT2D eigenvalue weighted by molar-refractivity contribution is 0.465. The number of anilines is 2. The summed E-state index contributed by atoms with van der Waals surface area (Å²) in [5.41, 5.74) is 11.0. The molecule has 0 radical (unpaired) electrons. The third kappa shape index (κ3) is 2.31. The van der Waals surface area contributed by atoms with E-state index in [0.29, 0.717) is 16.5 Å². The van der Waals surface area contributed by atoms with Crippen LogP contribution >= 0.6 is 11.6 Å². The lowest BCUT2D eigenvalue weighted by Crippen LogP contribution is -2.13. The van der Waals surface area contributed by atoms with E-state index in [4.69, 9.17) is 27.8 Å². The van der Waals surface area contributed by atoms with Gasteiger partial charge in [0.15, 0.2) is 11.4 Å². The monoisotopic (exact) mass is 252 g/mol. The average molecular weight is 253 g/mol. The minimum Gasteiger partial charge on any atom is -0.435 e. The van der Waals surface area contributed by atoms with Crippen LogP contribution in [0.15, 0.2) is 29.3 Å². The van der Waals surface area contributed by atoms with Gasteiger partial charge >= 0.3 is 0 Å². The maximum Gasteiger partial charge on any atom is 0.277 e. The molecule has 88 valence electrons. The summed E-state index contributed by atoms with van der Waals surface area (Å²) in [6.45, 7) is 0. The van der Waals surface area contributed by atoms with Gasteiger partial charge in [0.2, 0.25) is 5.88 Å². The third-order valence-electron chi connectivity index (χ3n) is 2.03. The fourth-order valence-corrected chi connectivity index (χ4v) is 1.37. The molecule has 2 aromatic rings. The fourth-order valence-electron chi connectivity index (χ4n) is 1.19. The predicted molar refractivity (Wildman–Crippen MR) is 65.2 cm³/mol. The first-order chi connectivity index (χ1) is 8.08. The number of benzene rings is 1. The number of hydrogen-bond donors (Lipinski definition) is 3. The van der Waals surface area contributed by atoms with Gasteiger partial charge in [0.25, 0.3) is 5.56 Å². The van der Waals surface area contributed by atoms with E-state index >= 15 is 0 Å². The molecule has 0 fully saturated rings. The molecule has 0 unspecified atom stereocenters. The largest absolute Gasteiger partial charge is 0.435 e. The van der Waals surface area contributed by atoms with Gasteiger partial charge in [0, 0.05) is 5.02 Å². The Labute approximate surface area is 101 Å². The van der Waals surface area contributed by atoms with E-state index < -0.39 is 5.56 Å². The Hall–Kier alpha value is -2.21. The zero-order valence-electron chi connectivity index (χ0n) is 8.61. The first-order valence-corrected chi connectivity index (χ1v) is 5.02. The average Bonchev–Trinajstić information content (AvgIpc) is 2.28. The van der Waals surface area contributed by atoms with Crippen molar-refractivity contribution in [3.8, 4) is 11.6 Å². The van der Waals surface area contributed by atoms with Crippen molar-refractivity contribution in [3.05, 3.63) is 39.9 Å². The number of rotatable bonds is 2. The van der Waals surface area contributed by atoms with E-state index in [-0.39, 0.29) is 11.6 Å². The second-order valence-corrected chi connectivity index (χ2v) is 3.67. The summed E-state index contributed by atoms with van der Waals surface area (Å²) >= 11 is 5.75. The van der Waals surface area contributed by atoms with E-state index in [1.54, 1.807) is 12.1 Å². The van der Waals surface area contributed by atoms with Crippen LogP contribution in [0.4, 0.5) is 11.4 Å². The van der Waals surface area contributed by atoms with Gasteiger partial charge in [-0.15, -0.1) is 0 Å². The quantitative estimate of drug-likeness (QED) is 0.700. The first kappa shape index (κ1) is 11.3. The molecular weight excluding hydrogens is 244 g/mol. The third-order valence-corrected chi connectivity index (χ3v) is 2.27. The molecule has 0 saturated carbocycles. The summed E-state index contributed by atoms with van der Waals surface area (Å²) in [7, 11) is 0. The minimum absolute atomic E-state index is 0.00257. The second-order valence-electron chi connectivity index (χ2n) is 3.23. The van der Waals surface area contributed by atoms with E-state index in [2.05, 4.69) is 9.97 Å². The minimum atomic E-state index is -0.470. The zero-order chi connectivity index (χ0) is 12.4. The van der Waals surface area contributed by atoms with Crippen LogP contribution in [-0.4, -0.2) is 9.97 Å². The van der Waals surface area contributed by atoms with Gasteiger partial charge in [-0.2, -0.15) is 0 Å². The van der Waals surface area contributed by atoms with Crippen LogP contribution in [0.1, 0.15) is 0 Å². The summed E-state index contributed by atoms with van der Waals surface area (Å²) < 4.78 is 5.34. The lowest BCUT2D eigenvalue weighted by Gasteiger charge is -2.08. The maximum absolute atomic E-state index is 11.2. The fraction of sp³-hybridized carbons (Fsp3) is 0. The Bertz CT molecular complexity index is 611. The molecule has 0 bridgehead atoms. The second kappa shape index (κ2) is 4.34. The van der Waals surface area contributed by atoms with Gasteiger partial charge in [-0.25, -0.2) is 4.98 Å². The van der Waals surface area contributed by atoms with Crippen LogP contribution in [0, 0.1) is 0 Å². The van der Waals surface area contributed by atoms with Gasteiger partial charge in [0.1, 0.15) is 0 Å². The molecule has 2 rings (SSSR count). The van der Waals surface area contributed by atoms with Crippen LogP contribution in [0.3, 0.4) is 0 Å². The topological polar surface area (TPSA) is 107 Å². The number of aromatic nitrogens is 2. The molecule has 1 aromatic heterocycles. The highest BCUT2D eigenvalue weighted by Gasteiger charge is 2.09. The normalized spacial score (nSPS) is 10.2. The van der Waals surface area contributed by atoms with Crippen molar-refractivity contribution in [2.75, 3.05) is 11.5 Å². The van der Waals surface area contributed by atoms with Crippen LogP contribution in [-0.2, 0) is 0 Å². The van der Waals surface area contributed by atoms with Gasteiger partial charge in [-0.3, -0.25) is 4.79 Å². The molecule has 6 nitrogen and oxygen atoms in total. The highest BCUT2D eigenvalue weighted by atomic mass is 35.5. The van der Waals surface area contributed by atoms with Crippen molar-refractivity contribution in [1.82, 2.24) is 9.97 Å². The SMILES string of the molecule is Nc1cc(Cl)ccc1Oc1nc[nH]c(=O)c1N. The standard InChI is InChI=1S/C10H9ClN4O2/c11-5-1-2-7(6(12)3-5)17-10-8(13)9(16)14-4-15-10/h1-4H,12-13H2,(H,14,15,16). The Balaban J connectivity index is 2.38. The molecule has 0 spiro atoms. The van der Waals surface area contributed by atoms with Crippen molar-refractivity contribution in [2.45, 2.75) is 0 Å². The highest BCUT2D eigenvalue weighted by molar-refractivity contribution is 6.30. The lowest BCUT2D eigenvalue weighted by atomic mass is 10.3. The number of nitrogens with one attached hydrogen (secondary N) is 1. The number of nitrogen functional groups attached to an aromatic ring is 2. The summed E-state index contributed by atoms with van der Waals surface area (Å²) in [6, 6.07) is 4.71. The van der Waals surface area contributed by atoms with E-state index in [9.17, 15) is 4.79 Å². The molecule has 0 aliphatic heterocycles. The molecule has 17 heavy (non-hydrogen) atoms. The van der Waals surface area contributed by atoms with Gasteiger partial charge in [0.05, 0.1) is 12.0 Å². The Morgan fingerprint density at radius 2 is 2.12 bits per heavy atom. The molecule has 1 aromatic carbocycles. The number of ether oxygens (including phenoxy) is 1. The maximum atomic E-state index is 11.2. The summed E-state index contributed by atoms with van der Waals surface area (Å²) in [6.07, 6.45) is 1.19. The molecule has 7 heteroatoms. The molecule has 5 N–H and O–H groups in total. The van der Waals surface area contributed by atoms with Crippen molar-refractivity contribution >= 4 is 23.0 Å². The molecule has 0 aliphatic rings. The number of nitrogens with zero attached hydrogens (tertiary/aromatic N) is 1. The highest BCUT2D eigenvalue weighted by Crippen LogP contribution is 2.29. The molecular formula is C10H9ClN4O2. The molecule has 0 saturated heterocycles. The van der Waals surface area contributed by atoms with Crippen LogP contribution in [0.25, 0.3) is 0 Å². The van der Waals surface area contributed by atoms with Crippen molar-refractivity contribution in [2.24, 2.45) is 0 Å². The van der Waals surface area contributed by atoms with Gasteiger partial charge in [-0.05, 0) is 18.2 Å². The summed E-state index contributed by atoms with van der Waals surface area (Å²) in [5.74, 6) is 0.335. The number of halogens is 1. The number of aromatic amines is 1. The molecule has 1 heterocycles.